The zero-order valence-electron chi connectivity index (χ0n) is 11.5. The van der Waals surface area contributed by atoms with Gasteiger partial charge in [-0.3, -0.25) is 9.59 Å². The zero-order valence-corrected chi connectivity index (χ0v) is 12.3. The summed E-state index contributed by atoms with van der Waals surface area (Å²) in [6.45, 7) is 7.02. The van der Waals surface area contributed by atoms with E-state index in [1.807, 2.05) is 0 Å². The van der Waals surface area contributed by atoms with E-state index >= 15 is 0 Å². The second-order valence-electron chi connectivity index (χ2n) is 5.57. The lowest BCUT2D eigenvalue weighted by Gasteiger charge is -2.20. The first-order valence-electron chi connectivity index (χ1n) is 5.80. The molecule has 106 valence electrons. The van der Waals surface area contributed by atoms with Crippen LogP contribution in [0.5, 0.6) is 0 Å². The summed E-state index contributed by atoms with van der Waals surface area (Å²) in [6.07, 6.45) is 0. The van der Waals surface area contributed by atoms with Crippen LogP contribution in [0.2, 0.25) is 0 Å². The van der Waals surface area contributed by atoms with Gasteiger partial charge in [-0.1, -0.05) is 0 Å². The Balaban J connectivity index is 2.77. The molecule has 0 atom stereocenters. The zero-order chi connectivity index (χ0) is 14.8. The minimum absolute atomic E-state index is 0.350. The van der Waals surface area contributed by atoms with Crippen LogP contribution in [0.15, 0.2) is 5.38 Å². The average Bonchev–Trinajstić information content (AvgIpc) is 2.75. The lowest BCUT2D eigenvalue weighted by Crippen LogP contribution is -2.37. The predicted octanol–water partition coefficient (Wildman–Crippen LogP) is 1.43. The second-order valence-corrected chi connectivity index (χ2v) is 6.43. The van der Waals surface area contributed by atoms with Crippen molar-refractivity contribution in [3.05, 3.63) is 11.1 Å². The molecule has 6 nitrogen and oxygen atoms in total. The molecule has 0 aliphatic heterocycles. The number of hydrogen-bond donors (Lipinski definition) is 3. The van der Waals surface area contributed by atoms with Gasteiger partial charge in [0.15, 0.2) is 5.13 Å². The number of carbonyl (C=O) groups excluding carboxylic acids is 1. The SMILES string of the molecule is CC(C)(CNc1nc(C(C)(C)C(=O)O)cs1)C(N)=O. The lowest BCUT2D eigenvalue weighted by molar-refractivity contribution is -0.142. The Morgan fingerprint density at radius 2 is 2.00 bits per heavy atom. The van der Waals surface area contributed by atoms with Crippen molar-refractivity contribution in [1.29, 1.82) is 0 Å². The molecule has 4 N–H and O–H groups in total. The van der Waals surface area contributed by atoms with Gasteiger partial charge in [0.05, 0.1) is 11.1 Å². The molecule has 0 saturated carbocycles. The molecule has 0 aromatic carbocycles. The number of rotatable bonds is 6. The molecule has 0 unspecified atom stereocenters. The Labute approximate surface area is 116 Å². The van der Waals surface area contributed by atoms with Gasteiger partial charge in [0.1, 0.15) is 5.41 Å². The molecule has 1 aromatic heterocycles. The molecule has 0 radical (unpaired) electrons. The van der Waals surface area contributed by atoms with E-state index < -0.39 is 22.7 Å². The monoisotopic (exact) mass is 285 g/mol. The third-order valence-corrected chi connectivity index (χ3v) is 3.83. The first-order chi connectivity index (χ1) is 8.57. The number of primary amides is 1. The topological polar surface area (TPSA) is 105 Å². The fourth-order valence-electron chi connectivity index (χ4n) is 1.14. The van der Waals surface area contributed by atoms with Gasteiger partial charge in [0.25, 0.3) is 0 Å². The number of aliphatic carboxylic acids is 1. The van der Waals surface area contributed by atoms with Crippen molar-refractivity contribution in [2.75, 3.05) is 11.9 Å². The number of carboxylic acids is 1. The van der Waals surface area contributed by atoms with Gasteiger partial charge in [-0.25, -0.2) is 4.98 Å². The molecule has 1 amide bonds. The smallest absolute Gasteiger partial charge is 0.315 e. The quantitative estimate of drug-likeness (QED) is 0.733. The van der Waals surface area contributed by atoms with Crippen LogP contribution in [-0.4, -0.2) is 28.5 Å². The third-order valence-electron chi connectivity index (χ3n) is 3.03. The second kappa shape index (κ2) is 5.16. The van der Waals surface area contributed by atoms with Crippen molar-refractivity contribution in [3.63, 3.8) is 0 Å². The lowest BCUT2D eigenvalue weighted by atomic mass is 9.90. The third kappa shape index (κ3) is 3.44. The number of aromatic nitrogens is 1. The van der Waals surface area contributed by atoms with Gasteiger partial charge in [-0.15, -0.1) is 11.3 Å². The Morgan fingerprint density at radius 3 is 2.47 bits per heavy atom. The fourth-order valence-corrected chi connectivity index (χ4v) is 2.01. The number of nitrogens with zero attached hydrogens (tertiary/aromatic N) is 1. The minimum Gasteiger partial charge on any atom is -0.481 e. The summed E-state index contributed by atoms with van der Waals surface area (Å²) in [7, 11) is 0. The van der Waals surface area contributed by atoms with E-state index in [9.17, 15) is 9.59 Å². The molecule has 7 heteroatoms. The highest BCUT2D eigenvalue weighted by molar-refractivity contribution is 7.13. The van der Waals surface area contributed by atoms with Crippen molar-refractivity contribution in [2.45, 2.75) is 33.1 Å². The number of nitrogens with one attached hydrogen (secondary N) is 1. The Bertz CT molecular complexity index is 494. The molecule has 1 rings (SSSR count). The van der Waals surface area contributed by atoms with Crippen LogP contribution in [0.1, 0.15) is 33.4 Å². The molecule has 0 fully saturated rings. The molecular weight excluding hydrogens is 266 g/mol. The largest absolute Gasteiger partial charge is 0.481 e. The van der Waals surface area contributed by atoms with Gasteiger partial charge in [-0.2, -0.15) is 0 Å². The van der Waals surface area contributed by atoms with E-state index in [2.05, 4.69) is 10.3 Å². The Kier molecular flexibility index (Phi) is 4.19. The van der Waals surface area contributed by atoms with Crippen molar-refractivity contribution >= 4 is 28.3 Å². The number of carboxylic acid groups (broad SMARTS) is 1. The highest BCUT2D eigenvalue weighted by Crippen LogP contribution is 2.28. The van der Waals surface area contributed by atoms with E-state index in [0.29, 0.717) is 17.4 Å². The van der Waals surface area contributed by atoms with Crippen LogP contribution < -0.4 is 11.1 Å². The van der Waals surface area contributed by atoms with Crippen molar-refractivity contribution in [3.8, 4) is 0 Å². The van der Waals surface area contributed by atoms with E-state index in [0.717, 1.165) is 0 Å². The number of anilines is 1. The number of nitrogens with two attached hydrogens (primary N) is 1. The van der Waals surface area contributed by atoms with Crippen molar-refractivity contribution in [2.24, 2.45) is 11.1 Å². The van der Waals surface area contributed by atoms with Crippen LogP contribution in [0.25, 0.3) is 0 Å². The van der Waals surface area contributed by atoms with Crippen molar-refractivity contribution in [1.82, 2.24) is 4.98 Å². The summed E-state index contributed by atoms with van der Waals surface area (Å²) in [5.41, 5.74) is 4.05. The summed E-state index contributed by atoms with van der Waals surface area (Å²) in [5, 5.41) is 14.4. The molecule has 19 heavy (non-hydrogen) atoms. The number of hydrogen-bond acceptors (Lipinski definition) is 5. The van der Waals surface area contributed by atoms with E-state index in [-0.39, 0.29) is 0 Å². The summed E-state index contributed by atoms with van der Waals surface area (Å²) < 4.78 is 0. The molecule has 0 saturated heterocycles. The number of thiazole rings is 1. The average molecular weight is 285 g/mol. The van der Waals surface area contributed by atoms with Crippen LogP contribution in [0.3, 0.4) is 0 Å². The molecule has 0 spiro atoms. The van der Waals surface area contributed by atoms with Gasteiger partial charge >= 0.3 is 5.97 Å². The van der Waals surface area contributed by atoms with Gasteiger partial charge in [-0.05, 0) is 27.7 Å². The molecular formula is C12H19N3O3S. The van der Waals surface area contributed by atoms with Crippen LogP contribution >= 0.6 is 11.3 Å². The number of carbonyl (C=O) groups is 2. The standard InChI is InChI=1S/C12H19N3O3S/c1-11(2,8(13)16)6-14-10-15-7(5-19-10)12(3,4)9(17)18/h5H,6H2,1-4H3,(H2,13,16)(H,14,15)(H,17,18). The Morgan fingerprint density at radius 1 is 1.42 bits per heavy atom. The number of amides is 1. The predicted molar refractivity (Wildman–Crippen MR) is 74.2 cm³/mol. The van der Waals surface area contributed by atoms with Crippen LogP contribution in [0, 0.1) is 5.41 Å². The summed E-state index contributed by atoms with van der Waals surface area (Å²) in [5.74, 6) is -1.33. The van der Waals surface area contributed by atoms with E-state index in [1.165, 1.54) is 11.3 Å². The van der Waals surface area contributed by atoms with Crippen molar-refractivity contribution < 1.29 is 14.7 Å². The maximum atomic E-state index is 11.2. The van der Waals surface area contributed by atoms with Crippen LogP contribution in [0.4, 0.5) is 5.13 Å². The molecule has 0 bridgehead atoms. The minimum atomic E-state index is -1.03. The summed E-state index contributed by atoms with van der Waals surface area (Å²) in [6, 6.07) is 0. The van der Waals surface area contributed by atoms with Gasteiger partial charge in [0.2, 0.25) is 5.91 Å². The maximum Gasteiger partial charge on any atom is 0.315 e. The molecule has 1 heterocycles. The van der Waals surface area contributed by atoms with Gasteiger partial charge in [0, 0.05) is 11.9 Å². The van der Waals surface area contributed by atoms with Gasteiger partial charge < -0.3 is 16.2 Å². The first-order valence-corrected chi connectivity index (χ1v) is 6.68. The first kappa shape index (κ1) is 15.4. The molecule has 1 aromatic rings. The van der Waals surface area contributed by atoms with Crippen LogP contribution in [-0.2, 0) is 15.0 Å². The maximum absolute atomic E-state index is 11.2. The van der Waals surface area contributed by atoms with E-state index in [4.69, 9.17) is 10.8 Å². The molecule has 0 aliphatic carbocycles. The molecule has 0 aliphatic rings. The highest BCUT2D eigenvalue weighted by Gasteiger charge is 2.32. The normalized spacial score (nSPS) is 12.2. The summed E-state index contributed by atoms with van der Waals surface area (Å²) in [4.78, 5) is 26.5. The fraction of sp³-hybridized carbons (Fsp3) is 0.583. The van der Waals surface area contributed by atoms with E-state index in [1.54, 1.807) is 33.1 Å². The summed E-state index contributed by atoms with van der Waals surface area (Å²) >= 11 is 1.31. The highest BCUT2D eigenvalue weighted by atomic mass is 32.1. The Hall–Kier alpha value is -1.63.